The van der Waals surface area contributed by atoms with Gasteiger partial charge in [0.05, 0.1) is 25.2 Å². The van der Waals surface area contributed by atoms with Gasteiger partial charge in [0.2, 0.25) is 5.91 Å². The molecule has 3 atom stereocenters. The summed E-state index contributed by atoms with van der Waals surface area (Å²) >= 11 is 0. The van der Waals surface area contributed by atoms with Crippen LogP contribution in [0.15, 0.2) is 24.3 Å². The lowest BCUT2D eigenvalue weighted by Gasteiger charge is -2.40. The summed E-state index contributed by atoms with van der Waals surface area (Å²) in [6.07, 6.45) is 4.42. The van der Waals surface area contributed by atoms with Gasteiger partial charge in [-0.2, -0.15) is 13.1 Å². The van der Waals surface area contributed by atoms with Crippen molar-refractivity contribution in [3.8, 4) is 0 Å². The maximum Gasteiger partial charge on any atom is 0.372 e. The van der Waals surface area contributed by atoms with E-state index in [1.54, 1.807) is 17.0 Å². The summed E-state index contributed by atoms with van der Waals surface area (Å²) in [6.45, 7) is 1.91. The van der Waals surface area contributed by atoms with E-state index in [4.69, 9.17) is 9.47 Å². The molecule has 1 aliphatic carbocycles. The minimum atomic E-state index is -4.85. The van der Waals surface area contributed by atoms with Crippen LogP contribution in [0.2, 0.25) is 0 Å². The quantitative estimate of drug-likeness (QED) is 0.599. The van der Waals surface area contributed by atoms with Gasteiger partial charge in [0.1, 0.15) is 5.82 Å². The fourth-order valence-electron chi connectivity index (χ4n) is 5.31. The van der Waals surface area contributed by atoms with Gasteiger partial charge < -0.3 is 14.4 Å². The van der Waals surface area contributed by atoms with E-state index in [-0.39, 0.29) is 36.3 Å². The lowest BCUT2D eigenvalue weighted by molar-refractivity contribution is -0.138. The number of hydrogen-bond acceptors (Lipinski definition) is 5. The van der Waals surface area contributed by atoms with Crippen LogP contribution < -0.4 is 4.72 Å². The molecule has 2 aliphatic heterocycles. The van der Waals surface area contributed by atoms with Crippen molar-refractivity contribution in [2.45, 2.75) is 56.6 Å². The van der Waals surface area contributed by atoms with Crippen LogP contribution in [-0.2, 0) is 24.7 Å². The molecule has 4 rings (SSSR count). The number of carbonyl (C=O) groups is 1. The molecule has 0 radical (unpaired) electrons. The average molecular weight is 487 g/mol. The fourth-order valence-corrected chi connectivity index (χ4v) is 5.98. The predicted molar refractivity (Wildman–Crippen MR) is 118 cm³/mol. The first kappa shape index (κ1) is 24.5. The van der Waals surface area contributed by atoms with Gasteiger partial charge in [0.25, 0.3) is 0 Å². The number of piperidine rings is 1. The second kappa shape index (κ2) is 10.8. The Labute approximate surface area is 194 Å². The van der Waals surface area contributed by atoms with Crippen molar-refractivity contribution < 1.29 is 31.0 Å². The first-order chi connectivity index (χ1) is 15.8. The molecule has 1 N–H and O–H groups in total. The van der Waals surface area contributed by atoms with E-state index >= 15 is 0 Å². The minimum Gasteiger partial charge on any atom is -0.381 e. The number of carbonyl (C=O) groups excluding carboxylic acids is 1. The third-order valence-corrected chi connectivity index (χ3v) is 7.74. The zero-order valence-electron chi connectivity index (χ0n) is 18.6. The largest absolute Gasteiger partial charge is 0.381 e. The van der Waals surface area contributed by atoms with E-state index in [1.165, 1.54) is 6.07 Å². The Morgan fingerprint density at radius 3 is 2.64 bits per heavy atom. The lowest BCUT2D eigenvalue weighted by Crippen LogP contribution is -2.54. The Morgan fingerprint density at radius 1 is 1.18 bits per heavy atom. The number of rotatable bonds is 7. The van der Waals surface area contributed by atoms with Crippen LogP contribution in [0.1, 0.15) is 50.0 Å². The van der Waals surface area contributed by atoms with E-state index in [9.17, 15) is 21.5 Å². The molecule has 1 saturated carbocycles. The zero-order chi connectivity index (χ0) is 23.4. The fraction of sp³-hybridized carbons (Fsp3) is 0.696. The smallest absolute Gasteiger partial charge is 0.372 e. The molecule has 3 aliphatic rings. The predicted octanol–water partition coefficient (Wildman–Crippen LogP) is 2.93. The van der Waals surface area contributed by atoms with Crippen LogP contribution in [0.5, 0.6) is 0 Å². The maximum absolute atomic E-state index is 13.5. The Morgan fingerprint density at radius 2 is 1.97 bits per heavy atom. The van der Waals surface area contributed by atoms with Gasteiger partial charge in [0, 0.05) is 31.7 Å². The number of hydrogen-bond donors (Lipinski definition) is 1. The summed E-state index contributed by atoms with van der Waals surface area (Å²) in [6, 6.07) is 6.09. The second-order valence-corrected chi connectivity index (χ2v) is 10.5. The standard InChI is InChI=1S/C23H32F2N2O5S/c24-20-3-1-2-17(12-20)16-4-6-21(7-5-16)32-15-19-13-27(23(28)18-9-11-31-14-18)10-8-22(19)26-33(25,29)30/h1-3,12,16,18-19,21-22,26H,4-11,13-15H2/t16?,18-,19?,21?,22+/m1/s1. The normalized spacial score (nSPS) is 31.0. The molecule has 1 aromatic rings. The first-order valence-corrected chi connectivity index (χ1v) is 13.1. The van der Waals surface area contributed by atoms with Crippen molar-refractivity contribution in [1.29, 1.82) is 0 Å². The minimum absolute atomic E-state index is 0.00625. The van der Waals surface area contributed by atoms with Crippen molar-refractivity contribution in [3.63, 3.8) is 0 Å². The molecule has 0 spiro atoms. The van der Waals surface area contributed by atoms with E-state index in [1.807, 2.05) is 6.07 Å². The number of benzene rings is 1. The summed E-state index contributed by atoms with van der Waals surface area (Å²) in [4.78, 5) is 14.5. The van der Waals surface area contributed by atoms with Crippen molar-refractivity contribution >= 4 is 16.3 Å². The summed E-state index contributed by atoms with van der Waals surface area (Å²) < 4.78 is 62.9. The van der Waals surface area contributed by atoms with Crippen LogP contribution in [0.3, 0.4) is 0 Å². The molecule has 3 fully saturated rings. The lowest BCUT2D eigenvalue weighted by atomic mass is 9.82. The summed E-state index contributed by atoms with van der Waals surface area (Å²) in [7, 11) is -4.85. The number of nitrogens with zero attached hydrogens (tertiary/aromatic N) is 1. The Bertz CT molecular complexity index is 917. The van der Waals surface area contributed by atoms with Gasteiger partial charge in [-0.05, 0) is 62.1 Å². The van der Waals surface area contributed by atoms with E-state index < -0.39 is 16.5 Å². The van der Waals surface area contributed by atoms with Crippen molar-refractivity contribution in [3.05, 3.63) is 35.6 Å². The maximum atomic E-state index is 13.5. The number of likely N-dealkylation sites (tertiary alicyclic amines) is 1. The van der Waals surface area contributed by atoms with E-state index in [2.05, 4.69) is 4.72 Å². The molecule has 2 heterocycles. The van der Waals surface area contributed by atoms with Gasteiger partial charge in [-0.3, -0.25) is 4.79 Å². The monoisotopic (exact) mass is 486 g/mol. The van der Waals surface area contributed by atoms with Gasteiger partial charge in [-0.15, -0.1) is 0 Å². The highest BCUT2D eigenvalue weighted by molar-refractivity contribution is 7.84. The molecule has 1 unspecified atom stereocenters. The highest BCUT2D eigenvalue weighted by Gasteiger charge is 2.37. The molecule has 1 aromatic carbocycles. The molecule has 7 nitrogen and oxygen atoms in total. The van der Waals surface area contributed by atoms with Crippen LogP contribution in [-0.4, -0.2) is 64.3 Å². The topological polar surface area (TPSA) is 84.9 Å². The molecule has 2 saturated heterocycles. The van der Waals surface area contributed by atoms with Gasteiger partial charge in [-0.1, -0.05) is 16.0 Å². The molecular weight excluding hydrogens is 454 g/mol. The van der Waals surface area contributed by atoms with Gasteiger partial charge in [0.15, 0.2) is 0 Å². The van der Waals surface area contributed by atoms with Crippen molar-refractivity contribution in [2.24, 2.45) is 11.8 Å². The Hall–Kier alpha value is -1.62. The van der Waals surface area contributed by atoms with Crippen molar-refractivity contribution in [1.82, 2.24) is 9.62 Å². The number of halogens is 2. The summed E-state index contributed by atoms with van der Waals surface area (Å²) in [5.74, 6) is -0.430. The van der Waals surface area contributed by atoms with Crippen LogP contribution in [0.25, 0.3) is 0 Å². The third-order valence-electron chi connectivity index (χ3n) is 7.16. The number of nitrogens with one attached hydrogen (secondary N) is 1. The Balaban J connectivity index is 1.32. The number of amides is 1. The zero-order valence-corrected chi connectivity index (χ0v) is 19.4. The van der Waals surface area contributed by atoms with Crippen molar-refractivity contribution in [2.75, 3.05) is 32.9 Å². The van der Waals surface area contributed by atoms with Crippen LogP contribution >= 0.6 is 0 Å². The average Bonchev–Trinajstić information content (AvgIpc) is 3.32. The molecule has 0 bridgehead atoms. The SMILES string of the molecule is O=C([C@@H]1CCOC1)N1CC[C@H](NS(=O)(=O)F)C(COC2CCC(c3cccc(F)c3)CC2)C1. The molecular formula is C23H32F2N2O5S. The Kier molecular flexibility index (Phi) is 7.99. The summed E-state index contributed by atoms with van der Waals surface area (Å²) in [5, 5.41) is 0. The molecule has 0 aromatic heterocycles. The van der Waals surface area contributed by atoms with Gasteiger partial charge in [-0.25, -0.2) is 4.39 Å². The second-order valence-electron chi connectivity index (χ2n) is 9.42. The first-order valence-electron chi connectivity index (χ1n) is 11.7. The molecule has 33 heavy (non-hydrogen) atoms. The molecule has 10 heteroatoms. The van der Waals surface area contributed by atoms with E-state index in [0.717, 1.165) is 31.2 Å². The highest BCUT2D eigenvalue weighted by atomic mass is 32.3. The third kappa shape index (κ3) is 6.71. The number of ether oxygens (including phenoxy) is 2. The molecule has 1 amide bonds. The summed E-state index contributed by atoms with van der Waals surface area (Å²) in [5.41, 5.74) is 1.00. The van der Waals surface area contributed by atoms with Crippen LogP contribution in [0, 0.1) is 17.7 Å². The molecule has 184 valence electrons. The van der Waals surface area contributed by atoms with Gasteiger partial charge >= 0.3 is 10.4 Å². The van der Waals surface area contributed by atoms with Crippen LogP contribution in [0.4, 0.5) is 8.28 Å². The highest BCUT2D eigenvalue weighted by Crippen LogP contribution is 2.35. The van der Waals surface area contributed by atoms with E-state index in [0.29, 0.717) is 45.1 Å².